The van der Waals surface area contributed by atoms with Crippen molar-refractivity contribution in [3.05, 3.63) is 59.3 Å². The lowest BCUT2D eigenvalue weighted by Crippen LogP contribution is -1.86. The van der Waals surface area contributed by atoms with E-state index in [0.717, 1.165) is 22.0 Å². The minimum absolute atomic E-state index is 0.687. The number of thioether (sulfide) groups is 1. The summed E-state index contributed by atoms with van der Waals surface area (Å²) in [4.78, 5) is 9.62. The van der Waals surface area contributed by atoms with E-state index in [1.807, 2.05) is 18.2 Å². The highest BCUT2D eigenvalue weighted by atomic mass is 35.5. The fourth-order valence-electron chi connectivity index (χ4n) is 1.90. The second-order valence-corrected chi connectivity index (χ2v) is 5.65. The van der Waals surface area contributed by atoms with E-state index in [2.05, 4.69) is 33.6 Å². The summed E-state index contributed by atoms with van der Waals surface area (Å²) in [6.07, 6.45) is 5.49. The van der Waals surface area contributed by atoms with Gasteiger partial charge in [-0.15, -0.1) is 11.8 Å². The van der Waals surface area contributed by atoms with Crippen molar-refractivity contribution in [1.82, 2.24) is 14.4 Å². The molecule has 0 saturated carbocycles. The normalized spacial score (nSPS) is 11.1. The third-order valence-corrected chi connectivity index (χ3v) is 4.38. The SMILES string of the molecule is Cc1cccc2nc(CSc3ccncc3Cl)cn12. The first-order valence-electron chi connectivity index (χ1n) is 5.90. The molecular weight excluding hydrogens is 278 g/mol. The molecule has 0 radical (unpaired) electrons. The minimum atomic E-state index is 0.687. The molecule has 3 rings (SSSR count). The van der Waals surface area contributed by atoms with Crippen LogP contribution in [0.25, 0.3) is 5.65 Å². The number of aromatic nitrogens is 3. The van der Waals surface area contributed by atoms with Gasteiger partial charge in [-0.2, -0.15) is 0 Å². The van der Waals surface area contributed by atoms with Gasteiger partial charge in [-0.3, -0.25) is 4.98 Å². The lowest BCUT2D eigenvalue weighted by molar-refractivity contribution is 1.09. The third-order valence-electron chi connectivity index (χ3n) is 2.86. The molecule has 0 spiro atoms. The van der Waals surface area contributed by atoms with Gasteiger partial charge in [-0.1, -0.05) is 17.7 Å². The fraction of sp³-hybridized carbons (Fsp3) is 0.143. The number of rotatable bonds is 3. The van der Waals surface area contributed by atoms with Gasteiger partial charge in [-0.05, 0) is 25.1 Å². The zero-order valence-corrected chi connectivity index (χ0v) is 11.9. The summed E-state index contributed by atoms with van der Waals surface area (Å²) in [6, 6.07) is 8.04. The molecule has 0 atom stereocenters. The Morgan fingerprint density at radius 2 is 2.21 bits per heavy atom. The molecule has 0 aliphatic heterocycles. The van der Waals surface area contributed by atoms with Crippen LogP contribution in [0, 0.1) is 6.92 Å². The maximum absolute atomic E-state index is 6.09. The Morgan fingerprint density at radius 3 is 3.00 bits per heavy atom. The van der Waals surface area contributed by atoms with Gasteiger partial charge >= 0.3 is 0 Å². The fourth-order valence-corrected chi connectivity index (χ4v) is 2.97. The molecular formula is C14H12ClN3S. The van der Waals surface area contributed by atoms with Gasteiger partial charge in [0.1, 0.15) is 5.65 Å². The molecule has 0 aromatic carbocycles. The molecule has 0 aliphatic carbocycles. The van der Waals surface area contributed by atoms with Crippen molar-refractivity contribution >= 4 is 29.0 Å². The molecule has 0 aliphatic rings. The van der Waals surface area contributed by atoms with Crippen LogP contribution in [0.1, 0.15) is 11.4 Å². The van der Waals surface area contributed by atoms with E-state index in [1.54, 1.807) is 24.2 Å². The molecule has 3 heterocycles. The van der Waals surface area contributed by atoms with Crippen LogP contribution in [0.3, 0.4) is 0 Å². The molecule has 3 aromatic heterocycles. The molecule has 96 valence electrons. The molecule has 0 N–H and O–H groups in total. The Hall–Kier alpha value is -1.52. The first-order valence-corrected chi connectivity index (χ1v) is 7.26. The van der Waals surface area contributed by atoms with Gasteiger partial charge in [0.2, 0.25) is 0 Å². The number of aryl methyl sites for hydroxylation is 1. The van der Waals surface area contributed by atoms with E-state index in [0.29, 0.717) is 5.02 Å². The van der Waals surface area contributed by atoms with Crippen molar-refractivity contribution in [2.24, 2.45) is 0 Å². The summed E-state index contributed by atoms with van der Waals surface area (Å²) >= 11 is 7.76. The quantitative estimate of drug-likeness (QED) is 0.683. The van der Waals surface area contributed by atoms with E-state index in [1.165, 1.54) is 5.69 Å². The van der Waals surface area contributed by atoms with Crippen LogP contribution in [0.15, 0.2) is 47.8 Å². The zero-order chi connectivity index (χ0) is 13.2. The van der Waals surface area contributed by atoms with Crippen LogP contribution < -0.4 is 0 Å². The summed E-state index contributed by atoms with van der Waals surface area (Å²) in [5.74, 6) is 0.796. The van der Waals surface area contributed by atoms with Gasteiger partial charge in [0.25, 0.3) is 0 Å². The van der Waals surface area contributed by atoms with Crippen LogP contribution in [0.2, 0.25) is 5.02 Å². The van der Waals surface area contributed by atoms with Crippen molar-refractivity contribution < 1.29 is 0 Å². The Balaban J connectivity index is 1.83. The van der Waals surface area contributed by atoms with Gasteiger partial charge in [0, 0.05) is 34.9 Å². The van der Waals surface area contributed by atoms with E-state index in [4.69, 9.17) is 11.6 Å². The predicted octanol–water partition coefficient (Wildman–Crippen LogP) is 3.98. The highest BCUT2D eigenvalue weighted by Gasteiger charge is 2.05. The summed E-state index contributed by atoms with van der Waals surface area (Å²) < 4.78 is 2.10. The van der Waals surface area contributed by atoms with Crippen LogP contribution in [-0.2, 0) is 5.75 Å². The number of fused-ring (bicyclic) bond motifs is 1. The molecule has 5 heteroatoms. The molecule has 0 amide bonds. The highest BCUT2D eigenvalue weighted by molar-refractivity contribution is 7.98. The van der Waals surface area contributed by atoms with Crippen molar-refractivity contribution in [3.63, 3.8) is 0 Å². The van der Waals surface area contributed by atoms with E-state index in [-0.39, 0.29) is 0 Å². The maximum Gasteiger partial charge on any atom is 0.137 e. The number of halogens is 1. The van der Waals surface area contributed by atoms with Crippen LogP contribution in [-0.4, -0.2) is 14.4 Å². The van der Waals surface area contributed by atoms with Crippen molar-refractivity contribution in [1.29, 1.82) is 0 Å². The highest BCUT2D eigenvalue weighted by Crippen LogP contribution is 2.28. The van der Waals surface area contributed by atoms with Crippen LogP contribution >= 0.6 is 23.4 Å². The Labute approximate surface area is 120 Å². The number of imidazole rings is 1. The second-order valence-electron chi connectivity index (χ2n) is 4.22. The lowest BCUT2D eigenvalue weighted by atomic mass is 10.4. The summed E-state index contributed by atoms with van der Waals surface area (Å²) in [5.41, 5.74) is 3.21. The first kappa shape index (κ1) is 12.5. The average molecular weight is 290 g/mol. The summed E-state index contributed by atoms with van der Waals surface area (Å²) in [6.45, 7) is 2.07. The van der Waals surface area contributed by atoms with Gasteiger partial charge in [-0.25, -0.2) is 4.98 Å². The molecule has 19 heavy (non-hydrogen) atoms. The smallest absolute Gasteiger partial charge is 0.137 e. The van der Waals surface area contributed by atoms with E-state index >= 15 is 0 Å². The van der Waals surface area contributed by atoms with Gasteiger partial charge in [0.05, 0.1) is 10.7 Å². The first-order chi connectivity index (χ1) is 9.24. The largest absolute Gasteiger partial charge is 0.304 e. The molecule has 3 aromatic rings. The standard InChI is InChI=1S/C14H12ClN3S/c1-10-3-2-4-14-17-11(8-18(10)14)9-19-13-5-6-16-7-12(13)15/h2-8H,9H2,1H3. The van der Waals surface area contributed by atoms with Gasteiger partial charge in [0.15, 0.2) is 0 Å². The molecule has 0 saturated heterocycles. The number of pyridine rings is 2. The number of nitrogens with zero attached hydrogens (tertiary/aromatic N) is 3. The third kappa shape index (κ3) is 2.60. The summed E-state index contributed by atoms with van der Waals surface area (Å²) in [5, 5.41) is 0.687. The van der Waals surface area contributed by atoms with Crippen molar-refractivity contribution in [3.8, 4) is 0 Å². The van der Waals surface area contributed by atoms with Crippen LogP contribution in [0.5, 0.6) is 0 Å². The van der Waals surface area contributed by atoms with Crippen LogP contribution in [0.4, 0.5) is 0 Å². The van der Waals surface area contributed by atoms with Gasteiger partial charge < -0.3 is 4.40 Å². The second kappa shape index (κ2) is 5.23. The minimum Gasteiger partial charge on any atom is -0.304 e. The molecule has 0 fully saturated rings. The molecule has 0 bridgehead atoms. The Bertz CT molecular complexity index is 724. The van der Waals surface area contributed by atoms with E-state index < -0.39 is 0 Å². The van der Waals surface area contributed by atoms with Crippen molar-refractivity contribution in [2.45, 2.75) is 17.6 Å². The van der Waals surface area contributed by atoms with Crippen molar-refractivity contribution in [2.75, 3.05) is 0 Å². The summed E-state index contributed by atoms with van der Waals surface area (Å²) in [7, 11) is 0. The topological polar surface area (TPSA) is 30.2 Å². The Morgan fingerprint density at radius 1 is 1.32 bits per heavy atom. The lowest BCUT2D eigenvalue weighted by Gasteiger charge is -2.00. The maximum atomic E-state index is 6.09. The zero-order valence-electron chi connectivity index (χ0n) is 10.4. The predicted molar refractivity (Wildman–Crippen MR) is 78.7 cm³/mol. The number of hydrogen-bond donors (Lipinski definition) is 0. The monoisotopic (exact) mass is 289 g/mol. The van der Waals surface area contributed by atoms with E-state index in [9.17, 15) is 0 Å². The molecule has 0 unspecified atom stereocenters. The Kier molecular flexibility index (Phi) is 3.44. The average Bonchev–Trinajstić information content (AvgIpc) is 2.82. The number of hydrogen-bond acceptors (Lipinski definition) is 3. The molecule has 3 nitrogen and oxygen atoms in total.